The van der Waals surface area contributed by atoms with Gasteiger partial charge < -0.3 is 14.7 Å². The van der Waals surface area contributed by atoms with Crippen LogP contribution in [0.3, 0.4) is 0 Å². The number of carboxylic acids is 1. The number of hydrogen-bond donors (Lipinski definition) is 1. The average molecular weight is 375 g/mol. The molecule has 0 radical (unpaired) electrons. The number of ether oxygens (including phenoxy) is 1. The van der Waals surface area contributed by atoms with E-state index in [0.717, 1.165) is 16.9 Å². The fraction of sp³-hybridized carbons (Fsp3) is 0.688. The molecule has 0 bridgehead atoms. The molecule has 0 saturated carbocycles. The maximum absolute atomic E-state index is 12.5. The molecule has 10 heteroatoms. The van der Waals surface area contributed by atoms with Crippen molar-refractivity contribution in [1.82, 2.24) is 14.7 Å². The van der Waals surface area contributed by atoms with Crippen LogP contribution in [0.4, 0.5) is 13.2 Å². The second-order valence-electron chi connectivity index (χ2n) is 6.68. The molecule has 0 spiro atoms. The molecular weight excluding hydrogens is 355 g/mol. The van der Waals surface area contributed by atoms with Gasteiger partial charge in [-0.25, -0.2) is 0 Å². The fourth-order valence-corrected chi connectivity index (χ4v) is 3.66. The minimum atomic E-state index is -4.53. The third-order valence-corrected chi connectivity index (χ3v) is 5.04. The van der Waals surface area contributed by atoms with Gasteiger partial charge in [0.15, 0.2) is 5.69 Å². The number of alkyl halides is 3. The van der Waals surface area contributed by atoms with Crippen molar-refractivity contribution in [2.45, 2.75) is 38.1 Å². The van der Waals surface area contributed by atoms with E-state index < -0.39 is 23.8 Å². The number of carbonyl (C=O) groups is 2. The smallest absolute Gasteiger partial charge is 0.435 e. The number of aliphatic carboxylic acids is 1. The molecule has 0 aromatic carbocycles. The summed E-state index contributed by atoms with van der Waals surface area (Å²) in [6.07, 6.45) is -1.99. The third kappa shape index (κ3) is 4.00. The van der Waals surface area contributed by atoms with Crippen LogP contribution in [0.25, 0.3) is 0 Å². The van der Waals surface area contributed by atoms with Crippen molar-refractivity contribution in [2.24, 2.45) is 11.8 Å². The lowest BCUT2D eigenvalue weighted by atomic mass is 9.84. The molecule has 1 amide bonds. The van der Waals surface area contributed by atoms with E-state index in [1.165, 1.54) is 0 Å². The van der Waals surface area contributed by atoms with E-state index in [9.17, 15) is 27.9 Å². The first kappa shape index (κ1) is 18.7. The van der Waals surface area contributed by atoms with Gasteiger partial charge in [-0.3, -0.25) is 14.3 Å². The average Bonchev–Trinajstić information content (AvgIpc) is 3.23. The van der Waals surface area contributed by atoms with Gasteiger partial charge >= 0.3 is 12.1 Å². The summed E-state index contributed by atoms with van der Waals surface area (Å²) >= 11 is 0. The third-order valence-electron chi connectivity index (χ3n) is 5.04. The molecule has 2 aliphatic heterocycles. The molecule has 2 saturated heterocycles. The van der Waals surface area contributed by atoms with Crippen LogP contribution in [-0.4, -0.2) is 57.5 Å². The summed E-state index contributed by atoms with van der Waals surface area (Å²) in [4.78, 5) is 25.1. The molecule has 2 fully saturated rings. The first-order chi connectivity index (χ1) is 12.3. The van der Waals surface area contributed by atoms with E-state index in [0.29, 0.717) is 39.0 Å². The van der Waals surface area contributed by atoms with E-state index in [1.54, 1.807) is 4.90 Å². The van der Waals surface area contributed by atoms with Crippen LogP contribution in [0, 0.1) is 11.8 Å². The van der Waals surface area contributed by atoms with Crippen LogP contribution in [0.1, 0.15) is 25.0 Å². The first-order valence-electron chi connectivity index (χ1n) is 8.48. The number of aromatic nitrogens is 2. The van der Waals surface area contributed by atoms with Crippen molar-refractivity contribution in [3.8, 4) is 0 Å². The summed E-state index contributed by atoms with van der Waals surface area (Å²) in [5, 5.41) is 12.6. The Kier molecular flexibility index (Phi) is 5.22. The van der Waals surface area contributed by atoms with Crippen LogP contribution < -0.4 is 0 Å². The summed E-state index contributed by atoms with van der Waals surface area (Å²) < 4.78 is 44.2. The van der Waals surface area contributed by atoms with Crippen molar-refractivity contribution < 1.29 is 32.6 Å². The Morgan fingerprint density at radius 1 is 1.27 bits per heavy atom. The number of halogens is 3. The van der Waals surface area contributed by atoms with Crippen LogP contribution in [0.2, 0.25) is 0 Å². The summed E-state index contributed by atoms with van der Waals surface area (Å²) in [6.45, 7) is 1.05. The van der Waals surface area contributed by atoms with Crippen LogP contribution in [0.5, 0.6) is 0 Å². The number of carbonyl (C=O) groups excluding carboxylic acids is 1. The molecule has 1 unspecified atom stereocenters. The van der Waals surface area contributed by atoms with Gasteiger partial charge in [-0.1, -0.05) is 0 Å². The molecule has 144 valence electrons. The highest BCUT2D eigenvalue weighted by atomic mass is 19.4. The minimum Gasteiger partial charge on any atom is -0.481 e. The van der Waals surface area contributed by atoms with Crippen molar-refractivity contribution >= 4 is 11.9 Å². The molecule has 0 aliphatic carbocycles. The van der Waals surface area contributed by atoms with Gasteiger partial charge in [-0.05, 0) is 31.2 Å². The predicted octanol–water partition coefficient (Wildman–Crippen LogP) is 1.63. The molecule has 1 N–H and O–H groups in total. The lowest BCUT2D eigenvalue weighted by Crippen LogP contribution is -2.44. The number of amides is 1. The Morgan fingerprint density at radius 3 is 2.54 bits per heavy atom. The molecular formula is C16H20F3N3O4. The highest BCUT2D eigenvalue weighted by Gasteiger charge is 2.41. The zero-order valence-electron chi connectivity index (χ0n) is 14.0. The van der Waals surface area contributed by atoms with Crippen LogP contribution in [0.15, 0.2) is 12.3 Å². The number of carboxylic acid groups (broad SMARTS) is 1. The van der Waals surface area contributed by atoms with Gasteiger partial charge in [-0.15, -0.1) is 0 Å². The summed E-state index contributed by atoms with van der Waals surface area (Å²) in [5.74, 6) is -1.59. The molecule has 7 nitrogen and oxygen atoms in total. The Labute approximate surface area is 147 Å². The predicted molar refractivity (Wildman–Crippen MR) is 82.0 cm³/mol. The van der Waals surface area contributed by atoms with Crippen LogP contribution >= 0.6 is 0 Å². The maximum Gasteiger partial charge on any atom is 0.435 e. The number of rotatable bonds is 4. The molecule has 2 atom stereocenters. The van der Waals surface area contributed by atoms with Gasteiger partial charge in [0, 0.05) is 25.9 Å². The van der Waals surface area contributed by atoms with Crippen molar-refractivity contribution in [1.29, 1.82) is 0 Å². The second-order valence-corrected chi connectivity index (χ2v) is 6.68. The normalized spacial score (nSPS) is 24.8. The van der Waals surface area contributed by atoms with E-state index >= 15 is 0 Å². The van der Waals surface area contributed by atoms with E-state index in [-0.39, 0.29) is 24.5 Å². The fourth-order valence-electron chi connectivity index (χ4n) is 3.66. The first-order valence-corrected chi connectivity index (χ1v) is 8.48. The monoisotopic (exact) mass is 375 g/mol. The van der Waals surface area contributed by atoms with Crippen molar-refractivity contribution in [3.63, 3.8) is 0 Å². The van der Waals surface area contributed by atoms with Gasteiger partial charge in [-0.2, -0.15) is 18.3 Å². The maximum atomic E-state index is 12.5. The minimum absolute atomic E-state index is 0.0733. The Hall–Kier alpha value is -2.10. The Bertz CT molecular complexity index is 668. The number of piperidine rings is 1. The lowest BCUT2D eigenvalue weighted by Gasteiger charge is -2.35. The van der Waals surface area contributed by atoms with Crippen molar-refractivity contribution in [3.05, 3.63) is 18.0 Å². The SMILES string of the molecule is O=C(O)C1CCO[C@H]1C1CCN(C(=O)Cn2ccc(C(F)(F)F)n2)CC1. The molecule has 26 heavy (non-hydrogen) atoms. The van der Waals surface area contributed by atoms with E-state index in [2.05, 4.69) is 5.10 Å². The van der Waals surface area contributed by atoms with Crippen LogP contribution in [-0.2, 0) is 27.0 Å². The number of nitrogens with zero attached hydrogens (tertiary/aromatic N) is 3. The topological polar surface area (TPSA) is 84.7 Å². The Morgan fingerprint density at radius 2 is 1.96 bits per heavy atom. The Balaban J connectivity index is 1.52. The van der Waals surface area contributed by atoms with Gasteiger partial charge in [0.25, 0.3) is 0 Å². The zero-order valence-corrected chi connectivity index (χ0v) is 14.0. The lowest BCUT2D eigenvalue weighted by molar-refractivity contribution is -0.146. The van der Waals surface area contributed by atoms with Crippen molar-refractivity contribution in [2.75, 3.05) is 19.7 Å². The number of hydrogen-bond acceptors (Lipinski definition) is 4. The summed E-state index contributed by atoms with van der Waals surface area (Å²) in [6, 6.07) is 0.836. The molecule has 2 aliphatic rings. The molecule has 1 aromatic heterocycles. The quantitative estimate of drug-likeness (QED) is 0.865. The van der Waals surface area contributed by atoms with Gasteiger partial charge in [0.2, 0.25) is 5.91 Å². The summed E-state index contributed by atoms with van der Waals surface area (Å²) in [7, 11) is 0. The highest BCUT2D eigenvalue weighted by Crippen LogP contribution is 2.33. The largest absolute Gasteiger partial charge is 0.481 e. The van der Waals surface area contributed by atoms with Gasteiger partial charge in [0.1, 0.15) is 6.54 Å². The van der Waals surface area contributed by atoms with E-state index in [4.69, 9.17) is 4.74 Å². The zero-order chi connectivity index (χ0) is 18.9. The van der Waals surface area contributed by atoms with Gasteiger partial charge in [0.05, 0.1) is 12.0 Å². The standard InChI is InChI=1S/C16H20F3N3O4/c17-16(18,19)12-3-7-22(20-12)9-13(23)21-5-1-10(2-6-21)14-11(15(24)25)4-8-26-14/h3,7,10-11,14H,1-2,4-6,8-9H2,(H,24,25)/t11?,14-/m0/s1. The second kappa shape index (κ2) is 7.26. The van der Waals surface area contributed by atoms with E-state index in [1.807, 2.05) is 0 Å². The molecule has 3 heterocycles. The highest BCUT2D eigenvalue weighted by molar-refractivity contribution is 5.76. The molecule has 1 aromatic rings. The number of likely N-dealkylation sites (tertiary alicyclic amines) is 1. The molecule has 3 rings (SSSR count). The summed E-state index contributed by atoms with van der Waals surface area (Å²) in [5.41, 5.74) is -1.03.